The van der Waals surface area contributed by atoms with Gasteiger partial charge in [-0.05, 0) is 61.7 Å². The largest absolute Gasteiger partial charge is 0.396 e. The minimum Gasteiger partial charge on any atom is -0.396 e. The highest BCUT2D eigenvalue weighted by atomic mass is 35.5. The molecular weight excluding hydrogens is 573 g/mol. The van der Waals surface area contributed by atoms with Crippen molar-refractivity contribution < 1.29 is 29.6 Å². The maximum Gasteiger partial charge on any atom is 0.257 e. The molecule has 4 aromatic rings. The lowest BCUT2D eigenvalue weighted by Gasteiger charge is -2.40. The lowest BCUT2D eigenvalue weighted by atomic mass is 9.85. The molecule has 1 fully saturated rings. The molecular formula is C32H29ClFN5O4. The van der Waals surface area contributed by atoms with Gasteiger partial charge in [0.1, 0.15) is 17.5 Å². The van der Waals surface area contributed by atoms with E-state index in [1.54, 1.807) is 13.2 Å². The molecule has 2 aromatic carbocycles. The smallest absolute Gasteiger partial charge is 0.257 e. The Morgan fingerprint density at radius 1 is 1.21 bits per heavy atom. The maximum absolute atomic E-state index is 16.9. The van der Waals surface area contributed by atoms with E-state index in [2.05, 4.69) is 10.1 Å². The average Bonchev–Trinajstić information content (AvgIpc) is 3.70. The van der Waals surface area contributed by atoms with E-state index < -0.39 is 41.6 Å². The summed E-state index contributed by atoms with van der Waals surface area (Å²) in [7, 11) is 1.65. The molecule has 0 spiro atoms. The fourth-order valence-corrected chi connectivity index (χ4v) is 5.39. The number of carbonyl (C=O) groups excluding carboxylic acids is 1. The van der Waals surface area contributed by atoms with Crippen LogP contribution in [-0.4, -0.2) is 48.9 Å². The van der Waals surface area contributed by atoms with E-state index in [1.807, 2.05) is 6.07 Å². The fraction of sp³-hybridized carbons (Fsp3) is 0.312. The number of nitriles is 1. The molecule has 11 heteroatoms. The molecule has 0 radical (unpaired) electrons. The van der Waals surface area contributed by atoms with Crippen molar-refractivity contribution in [2.75, 3.05) is 13.1 Å². The SMILES string of the molecule is [2H]C([2H])(O)C1(C([2H])([2H])O[C@]2(c3ccc(Cl)cc3)c3c(F)cc(C(C)(O)c4cnn(C)c4)cc3C(=O)N2Cc2ccc(C#N)cn2)CC1. The Kier molecular flexibility index (Phi) is 5.96. The highest BCUT2D eigenvalue weighted by Crippen LogP contribution is 2.52. The van der Waals surface area contributed by atoms with Crippen molar-refractivity contribution >= 4 is 17.5 Å². The van der Waals surface area contributed by atoms with E-state index >= 15 is 4.39 Å². The second-order valence-corrected chi connectivity index (χ2v) is 11.4. The average molecular weight is 606 g/mol. The van der Waals surface area contributed by atoms with E-state index in [9.17, 15) is 20.3 Å². The zero-order valence-electron chi connectivity index (χ0n) is 27.2. The van der Waals surface area contributed by atoms with Crippen LogP contribution in [0.3, 0.4) is 0 Å². The van der Waals surface area contributed by atoms with Gasteiger partial charge in [0.2, 0.25) is 0 Å². The highest BCUT2D eigenvalue weighted by Gasteiger charge is 2.56. The van der Waals surface area contributed by atoms with Gasteiger partial charge in [-0.1, -0.05) is 23.7 Å². The van der Waals surface area contributed by atoms with Gasteiger partial charge in [-0.3, -0.25) is 19.4 Å². The molecule has 6 rings (SSSR count). The summed E-state index contributed by atoms with van der Waals surface area (Å²) in [5.41, 5.74) is -5.98. The molecule has 1 aliphatic carbocycles. The van der Waals surface area contributed by atoms with Crippen molar-refractivity contribution in [3.05, 3.63) is 117 Å². The predicted octanol–water partition coefficient (Wildman–Crippen LogP) is 4.38. The summed E-state index contributed by atoms with van der Waals surface area (Å²) in [6.45, 7) is -4.96. The number of hydrogen-bond acceptors (Lipinski definition) is 7. The number of carbonyl (C=O) groups is 1. The number of aliphatic hydroxyl groups is 2. The summed E-state index contributed by atoms with van der Waals surface area (Å²) in [6, 6.07) is 13.0. The zero-order valence-corrected chi connectivity index (χ0v) is 23.9. The van der Waals surface area contributed by atoms with Crippen LogP contribution >= 0.6 is 11.6 Å². The Labute approximate surface area is 258 Å². The molecule has 2 aromatic heterocycles. The lowest BCUT2D eigenvalue weighted by Crippen LogP contribution is -2.48. The van der Waals surface area contributed by atoms with Crippen LogP contribution in [0.1, 0.15) is 69.1 Å². The first-order valence-electron chi connectivity index (χ1n) is 15.4. The number of nitrogens with zero attached hydrogens (tertiary/aromatic N) is 5. The number of ether oxygens (including phenoxy) is 1. The quantitative estimate of drug-likeness (QED) is 0.290. The van der Waals surface area contributed by atoms with Crippen LogP contribution in [0.15, 0.2) is 67.1 Å². The Hall–Kier alpha value is -4.14. The molecule has 1 unspecified atom stereocenters. The van der Waals surface area contributed by atoms with Crippen LogP contribution in [0.2, 0.25) is 5.02 Å². The second kappa shape index (κ2) is 10.5. The summed E-state index contributed by atoms with van der Waals surface area (Å²) in [4.78, 5) is 19.9. The van der Waals surface area contributed by atoms with Crippen LogP contribution in [0.25, 0.3) is 0 Å². The van der Waals surface area contributed by atoms with Crippen molar-refractivity contribution in [2.45, 2.75) is 37.6 Å². The maximum atomic E-state index is 16.9. The molecule has 9 nitrogen and oxygen atoms in total. The molecule has 0 saturated heterocycles. The first-order valence-corrected chi connectivity index (χ1v) is 13.8. The van der Waals surface area contributed by atoms with Gasteiger partial charge in [0, 0.05) is 41.0 Å². The Balaban J connectivity index is 1.62. The van der Waals surface area contributed by atoms with E-state index in [1.165, 1.54) is 66.5 Å². The van der Waals surface area contributed by atoms with E-state index in [4.69, 9.17) is 21.8 Å². The number of rotatable bonds is 9. The molecule has 43 heavy (non-hydrogen) atoms. The minimum absolute atomic E-state index is 0.00631. The third-order valence-electron chi connectivity index (χ3n) is 7.98. The van der Waals surface area contributed by atoms with Crippen LogP contribution in [-0.2, 0) is 29.7 Å². The number of pyridine rings is 1. The number of amides is 1. The summed E-state index contributed by atoms with van der Waals surface area (Å²) in [5, 5.41) is 35.7. The van der Waals surface area contributed by atoms with Gasteiger partial charge in [-0.15, -0.1) is 0 Å². The number of aryl methyl sites for hydroxylation is 1. The first kappa shape index (κ1) is 24.3. The van der Waals surface area contributed by atoms with Crippen molar-refractivity contribution in [3.63, 3.8) is 0 Å². The number of benzene rings is 2. The third-order valence-corrected chi connectivity index (χ3v) is 8.23. The standard InChI is InChI=1S/C32H29ClFN5O4/c1-30(42,23-15-37-38(2)16-23)22-11-26-28(27(34)12-22)32(21-4-6-24(33)7-5-21,43-19-31(18-40)9-10-31)39(29(26)41)17-25-8-3-20(13-35)14-36-25/h3-8,11-12,14-16,40,42H,9-10,17-19H2,1-2H3/t30?,32-/m1/s1/i18D2,19D2. The summed E-state index contributed by atoms with van der Waals surface area (Å²) in [6.07, 6.45) is 4.06. The summed E-state index contributed by atoms with van der Waals surface area (Å²) in [5.74, 6) is -1.83. The summed E-state index contributed by atoms with van der Waals surface area (Å²) >= 11 is 6.20. The molecule has 2 atom stereocenters. The van der Waals surface area contributed by atoms with Gasteiger partial charge in [0.25, 0.3) is 5.91 Å². The molecule has 2 N–H and O–H groups in total. The monoisotopic (exact) mass is 605 g/mol. The number of aromatic nitrogens is 3. The Bertz CT molecular complexity index is 1920. The van der Waals surface area contributed by atoms with Gasteiger partial charge < -0.3 is 14.9 Å². The first-order chi connectivity index (χ1) is 22.0. The second-order valence-electron chi connectivity index (χ2n) is 10.9. The third kappa shape index (κ3) is 4.88. The van der Waals surface area contributed by atoms with Gasteiger partial charge in [0.15, 0.2) is 5.72 Å². The van der Waals surface area contributed by atoms with Crippen molar-refractivity contribution in [1.82, 2.24) is 19.7 Å². The normalized spacial score (nSPS) is 22.1. The Morgan fingerprint density at radius 2 is 1.95 bits per heavy atom. The zero-order chi connectivity index (χ0) is 34.2. The van der Waals surface area contributed by atoms with Gasteiger partial charge >= 0.3 is 0 Å². The van der Waals surface area contributed by atoms with Gasteiger partial charge in [-0.2, -0.15) is 10.4 Å². The fourth-order valence-electron chi connectivity index (χ4n) is 5.27. The van der Waals surface area contributed by atoms with E-state index in [0.29, 0.717) is 5.56 Å². The Morgan fingerprint density at radius 3 is 2.53 bits per heavy atom. The minimum atomic E-state index is -3.03. The van der Waals surface area contributed by atoms with Crippen molar-refractivity contribution in [3.8, 4) is 6.07 Å². The predicted molar refractivity (Wildman–Crippen MR) is 154 cm³/mol. The molecule has 2 aliphatic rings. The lowest BCUT2D eigenvalue weighted by molar-refractivity contribution is -0.130. The number of hydrogen-bond donors (Lipinski definition) is 2. The number of halogens is 2. The van der Waals surface area contributed by atoms with Crippen LogP contribution in [0.4, 0.5) is 4.39 Å². The van der Waals surface area contributed by atoms with E-state index in [-0.39, 0.29) is 57.9 Å². The molecule has 0 bridgehead atoms. The topological polar surface area (TPSA) is 124 Å². The summed E-state index contributed by atoms with van der Waals surface area (Å²) < 4.78 is 58.8. The highest BCUT2D eigenvalue weighted by molar-refractivity contribution is 6.30. The molecule has 1 aliphatic heterocycles. The van der Waals surface area contributed by atoms with Gasteiger partial charge in [0.05, 0.1) is 53.7 Å². The number of fused-ring (bicyclic) bond motifs is 1. The molecule has 220 valence electrons. The molecule has 1 amide bonds. The van der Waals surface area contributed by atoms with Crippen LogP contribution < -0.4 is 0 Å². The van der Waals surface area contributed by atoms with Crippen molar-refractivity contribution in [1.29, 1.82) is 5.26 Å². The molecule has 1 saturated carbocycles. The van der Waals surface area contributed by atoms with Gasteiger partial charge in [-0.25, -0.2) is 4.39 Å². The van der Waals surface area contributed by atoms with Crippen LogP contribution in [0, 0.1) is 22.6 Å². The van der Waals surface area contributed by atoms with Crippen LogP contribution in [0.5, 0.6) is 0 Å². The van der Waals surface area contributed by atoms with E-state index in [0.717, 1.165) is 11.0 Å². The van der Waals surface area contributed by atoms with Crippen molar-refractivity contribution in [2.24, 2.45) is 12.5 Å². The molecule has 3 heterocycles.